The summed E-state index contributed by atoms with van der Waals surface area (Å²) < 4.78 is 0. The molecule has 3 aromatic rings. The van der Waals surface area contributed by atoms with E-state index in [0.29, 0.717) is 5.82 Å². The zero-order chi connectivity index (χ0) is 11.7. The highest BCUT2D eigenvalue weighted by atomic mass is 14.8. The van der Waals surface area contributed by atoms with Gasteiger partial charge in [-0.25, -0.2) is 4.98 Å². The zero-order valence-corrected chi connectivity index (χ0v) is 9.17. The number of hydrogen-bond acceptors (Lipinski definition) is 3. The fraction of sp³-hybridized carbons (Fsp3) is 0. The average Bonchev–Trinajstić information content (AvgIpc) is 2.38. The van der Waals surface area contributed by atoms with E-state index in [4.69, 9.17) is 5.73 Å². The lowest BCUT2D eigenvalue weighted by atomic mass is 10.0. The van der Waals surface area contributed by atoms with Crippen LogP contribution in [0.4, 0.5) is 5.82 Å². The fourth-order valence-corrected chi connectivity index (χ4v) is 1.95. The number of para-hydroxylation sites is 1. The van der Waals surface area contributed by atoms with Crippen LogP contribution in [0.5, 0.6) is 0 Å². The molecule has 2 heterocycles. The van der Waals surface area contributed by atoms with Crippen LogP contribution in [0.1, 0.15) is 0 Å². The van der Waals surface area contributed by atoms with Crippen molar-refractivity contribution in [3.63, 3.8) is 0 Å². The SMILES string of the molecule is Nc1cc(-c2cccc3cccnc23)ccn1. The van der Waals surface area contributed by atoms with E-state index in [1.807, 2.05) is 30.3 Å². The van der Waals surface area contributed by atoms with Gasteiger partial charge in [-0.1, -0.05) is 24.3 Å². The summed E-state index contributed by atoms with van der Waals surface area (Å²) in [4.78, 5) is 8.43. The third-order valence-corrected chi connectivity index (χ3v) is 2.72. The number of nitrogen functional groups attached to an aromatic ring is 1. The van der Waals surface area contributed by atoms with E-state index in [0.717, 1.165) is 22.0 Å². The van der Waals surface area contributed by atoms with E-state index in [1.165, 1.54) is 0 Å². The van der Waals surface area contributed by atoms with Crippen LogP contribution in [0.3, 0.4) is 0 Å². The van der Waals surface area contributed by atoms with Gasteiger partial charge in [-0.3, -0.25) is 4.98 Å². The molecule has 0 radical (unpaired) electrons. The second kappa shape index (κ2) is 3.87. The molecule has 0 saturated heterocycles. The maximum absolute atomic E-state index is 5.71. The first-order valence-electron chi connectivity index (χ1n) is 5.40. The molecule has 3 rings (SSSR count). The van der Waals surface area contributed by atoms with Gasteiger partial charge in [0.2, 0.25) is 0 Å². The standard InChI is InChI=1S/C14H11N3/c15-13-9-11(6-8-16-13)12-5-1-3-10-4-2-7-17-14(10)12/h1-9H,(H2,15,16). The maximum atomic E-state index is 5.71. The van der Waals surface area contributed by atoms with Crippen molar-refractivity contribution in [3.05, 3.63) is 54.9 Å². The van der Waals surface area contributed by atoms with Gasteiger partial charge in [-0.2, -0.15) is 0 Å². The summed E-state index contributed by atoms with van der Waals surface area (Å²) in [5.41, 5.74) is 8.82. The summed E-state index contributed by atoms with van der Waals surface area (Å²) in [6.07, 6.45) is 3.52. The smallest absolute Gasteiger partial charge is 0.123 e. The molecule has 0 bridgehead atoms. The third kappa shape index (κ3) is 1.72. The van der Waals surface area contributed by atoms with Crippen LogP contribution in [0, 0.1) is 0 Å². The molecule has 3 nitrogen and oxygen atoms in total. The van der Waals surface area contributed by atoms with E-state index in [9.17, 15) is 0 Å². The van der Waals surface area contributed by atoms with Gasteiger partial charge in [0.15, 0.2) is 0 Å². The highest BCUT2D eigenvalue weighted by molar-refractivity contribution is 5.93. The van der Waals surface area contributed by atoms with Gasteiger partial charge < -0.3 is 5.73 Å². The molecule has 0 atom stereocenters. The van der Waals surface area contributed by atoms with Gasteiger partial charge in [-0.15, -0.1) is 0 Å². The Bertz CT molecular complexity index is 672. The summed E-state index contributed by atoms with van der Waals surface area (Å²) >= 11 is 0. The van der Waals surface area contributed by atoms with Crippen LogP contribution in [-0.2, 0) is 0 Å². The van der Waals surface area contributed by atoms with Crippen molar-refractivity contribution >= 4 is 16.7 Å². The molecule has 0 aliphatic rings. The monoisotopic (exact) mass is 221 g/mol. The second-order valence-corrected chi connectivity index (χ2v) is 3.85. The Labute approximate surface area is 98.9 Å². The van der Waals surface area contributed by atoms with Gasteiger partial charge in [0, 0.05) is 23.3 Å². The van der Waals surface area contributed by atoms with Gasteiger partial charge >= 0.3 is 0 Å². The van der Waals surface area contributed by atoms with Gasteiger partial charge in [-0.05, 0) is 23.8 Å². The first-order valence-corrected chi connectivity index (χ1v) is 5.40. The summed E-state index contributed by atoms with van der Waals surface area (Å²) in [5.74, 6) is 0.524. The van der Waals surface area contributed by atoms with E-state index in [2.05, 4.69) is 22.1 Å². The topological polar surface area (TPSA) is 51.8 Å². The quantitative estimate of drug-likeness (QED) is 0.687. The summed E-state index contributed by atoms with van der Waals surface area (Å²) in [5, 5.41) is 1.13. The molecule has 0 unspecified atom stereocenters. The Balaban J connectivity index is 2.30. The first-order chi connectivity index (χ1) is 8.34. The van der Waals surface area contributed by atoms with Crippen LogP contribution < -0.4 is 5.73 Å². The highest BCUT2D eigenvalue weighted by Gasteiger charge is 2.04. The maximum Gasteiger partial charge on any atom is 0.123 e. The number of nitrogens with two attached hydrogens (primary N) is 1. The Morgan fingerprint density at radius 1 is 0.882 bits per heavy atom. The van der Waals surface area contributed by atoms with Crippen LogP contribution in [0.2, 0.25) is 0 Å². The second-order valence-electron chi connectivity index (χ2n) is 3.85. The highest BCUT2D eigenvalue weighted by Crippen LogP contribution is 2.27. The van der Waals surface area contributed by atoms with E-state index in [-0.39, 0.29) is 0 Å². The molecule has 2 N–H and O–H groups in total. The van der Waals surface area contributed by atoms with E-state index >= 15 is 0 Å². The van der Waals surface area contributed by atoms with Crippen molar-refractivity contribution < 1.29 is 0 Å². The number of nitrogens with zero attached hydrogens (tertiary/aromatic N) is 2. The minimum absolute atomic E-state index is 0.524. The molecular formula is C14H11N3. The van der Waals surface area contributed by atoms with Gasteiger partial charge in [0.1, 0.15) is 5.82 Å². The number of pyridine rings is 2. The predicted octanol–water partition coefficient (Wildman–Crippen LogP) is 2.88. The fourth-order valence-electron chi connectivity index (χ4n) is 1.95. The van der Waals surface area contributed by atoms with Crippen LogP contribution in [0.15, 0.2) is 54.9 Å². The number of hydrogen-bond donors (Lipinski definition) is 1. The normalized spacial score (nSPS) is 10.6. The molecule has 0 spiro atoms. The predicted molar refractivity (Wildman–Crippen MR) is 69.4 cm³/mol. The molecule has 0 amide bonds. The molecule has 3 heteroatoms. The molecule has 0 fully saturated rings. The van der Waals surface area contributed by atoms with Gasteiger partial charge in [0.25, 0.3) is 0 Å². The molecule has 2 aromatic heterocycles. The summed E-state index contributed by atoms with van der Waals surface area (Å²) in [6.45, 7) is 0. The Morgan fingerprint density at radius 2 is 1.76 bits per heavy atom. The molecule has 17 heavy (non-hydrogen) atoms. The van der Waals surface area contributed by atoms with Crippen molar-refractivity contribution in [1.29, 1.82) is 0 Å². The van der Waals surface area contributed by atoms with Crippen molar-refractivity contribution in [2.75, 3.05) is 5.73 Å². The van der Waals surface area contributed by atoms with Crippen molar-refractivity contribution in [2.24, 2.45) is 0 Å². The van der Waals surface area contributed by atoms with Crippen molar-refractivity contribution in [1.82, 2.24) is 9.97 Å². The molecule has 0 saturated carbocycles. The average molecular weight is 221 g/mol. The summed E-state index contributed by atoms with van der Waals surface area (Å²) in [6, 6.07) is 13.9. The molecule has 1 aromatic carbocycles. The van der Waals surface area contributed by atoms with Crippen molar-refractivity contribution in [2.45, 2.75) is 0 Å². The Kier molecular flexibility index (Phi) is 2.22. The Morgan fingerprint density at radius 3 is 2.65 bits per heavy atom. The third-order valence-electron chi connectivity index (χ3n) is 2.72. The number of benzene rings is 1. The minimum atomic E-state index is 0.524. The molecule has 0 aliphatic heterocycles. The molecule has 82 valence electrons. The Hall–Kier alpha value is -2.42. The summed E-state index contributed by atoms with van der Waals surface area (Å²) in [7, 11) is 0. The number of fused-ring (bicyclic) bond motifs is 1. The molecule has 0 aliphatic carbocycles. The largest absolute Gasteiger partial charge is 0.384 e. The van der Waals surface area contributed by atoms with Crippen LogP contribution in [-0.4, -0.2) is 9.97 Å². The van der Waals surface area contributed by atoms with E-state index in [1.54, 1.807) is 12.4 Å². The van der Waals surface area contributed by atoms with Crippen LogP contribution >= 0.6 is 0 Å². The number of rotatable bonds is 1. The van der Waals surface area contributed by atoms with Crippen LogP contribution in [0.25, 0.3) is 22.0 Å². The zero-order valence-electron chi connectivity index (χ0n) is 9.17. The van der Waals surface area contributed by atoms with Crippen molar-refractivity contribution in [3.8, 4) is 11.1 Å². The minimum Gasteiger partial charge on any atom is -0.384 e. The van der Waals surface area contributed by atoms with E-state index < -0.39 is 0 Å². The first kappa shape index (κ1) is 9.78. The number of anilines is 1. The van der Waals surface area contributed by atoms with Gasteiger partial charge in [0.05, 0.1) is 5.52 Å². The number of aromatic nitrogens is 2. The lowest BCUT2D eigenvalue weighted by Crippen LogP contribution is -1.90. The molecular weight excluding hydrogens is 210 g/mol. The lowest BCUT2D eigenvalue weighted by molar-refractivity contribution is 1.33. The lowest BCUT2D eigenvalue weighted by Gasteiger charge is -2.05.